The summed E-state index contributed by atoms with van der Waals surface area (Å²) in [7, 11) is 4.27. The lowest BCUT2D eigenvalue weighted by molar-refractivity contribution is 0.0256. The fourth-order valence-corrected chi connectivity index (χ4v) is 4.34. The maximum atomic E-state index is 15.2. The van der Waals surface area contributed by atoms with Crippen LogP contribution in [0.1, 0.15) is 33.6 Å². The number of carbonyl (C=O) groups excluding carboxylic acids is 1. The summed E-state index contributed by atoms with van der Waals surface area (Å²) >= 11 is 0. The fraction of sp³-hybridized carbons (Fsp3) is 0.385. The van der Waals surface area contributed by atoms with Gasteiger partial charge in [0.15, 0.2) is 11.6 Å². The van der Waals surface area contributed by atoms with Gasteiger partial charge in [-0.3, -0.25) is 9.48 Å². The van der Waals surface area contributed by atoms with E-state index in [0.717, 1.165) is 0 Å². The number of amides is 1. The summed E-state index contributed by atoms with van der Waals surface area (Å²) < 4.78 is 54.1. The molecule has 2 aromatic heterocycles. The van der Waals surface area contributed by atoms with E-state index in [0.29, 0.717) is 16.9 Å². The van der Waals surface area contributed by atoms with E-state index in [1.807, 2.05) is 0 Å². The van der Waals surface area contributed by atoms with Crippen molar-refractivity contribution in [3.05, 3.63) is 71.7 Å². The zero-order valence-electron chi connectivity index (χ0n) is 22.9. The maximum Gasteiger partial charge on any atom is 0.267 e. The van der Waals surface area contributed by atoms with Crippen LogP contribution in [0.4, 0.5) is 24.8 Å². The van der Waals surface area contributed by atoms with Crippen LogP contribution in [0.15, 0.2) is 53.8 Å². The number of hydrogen-bond donors (Lipinski definition) is 1. The Morgan fingerprint density at radius 2 is 2.05 bits per heavy atom. The summed E-state index contributed by atoms with van der Waals surface area (Å²) in [6, 6.07) is 3.02. The van der Waals surface area contributed by atoms with Crippen LogP contribution in [-0.4, -0.2) is 65.9 Å². The Bertz CT molecular complexity index is 1410. The van der Waals surface area contributed by atoms with Crippen molar-refractivity contribution in [2.75, 3.05) is 44.3 Å². The Hall–Kier alpha value is -4.53. The molecule has 1 N–H and O–H groups in total. The Labute approximate surface area is 234 Å². The molecule has 0 aliphatic carbocycles. The first-order valence-corrected chi connectivity index (χ1v) is 12.5. The van der Waals surface area contributed by atoms with Gasteiger partial charge in [0.25, 0.3) is 11.8 Å². The summed E-state index contributed by atoms with van der Waals surface area (Å²) in [4.78, 5) is 23.1. The molecule has 0 atom stereocenters. The molecular weight excluding hydrogens is 543 g/mol. The van der Waals surface area contributed by atoms with E-state index in [-0.39, 0.29) is 55.5 Å². The fourth-order valence-electron chi connectivity index (χ4n) is 4.34. The quantitative estimate of drug-likeness (QED) is 0.257. The molecule has 0 radical (unpaired) electrons. The van der Waals surface area contributed by atoms with Crippen molar-refractivity contribution in [3.8, 4) is 5.75 Å². The van der Waals surface area contributed by atoms with Crippen molar-refractivity contribution in [1.82, 2.24) is 25.1 Å². The number of aromatic nitrogens is 4. The predicted octanol–water partition coefficient (Wildman–Crippen LogP) is 3.74. The smallest absolute Gasteiger partial charge is 0.267 e. The molecule has 1 saturated heterocycles. The zero-order valence-corrected chi connectivity index (χ0v) is 22.9. The molecule has 12 nitrogen and oxygen atoms in total. The van der Waals surface area contributed by atoms with Gasteiger partial charge in [-0.25, -0.2) is 28.1 Å². The predicted molar refractivity (Wildman–Crippen MR) is 143 cm³/mol. The lowest BCUT2D eigenvalue weighted by atomic mass is 10.1. The molecule has 15 heteroatoms. The van der Waals surface area contributed by atoms with Crippen LogP contribution in [0.5, 0.6) is 5.75 Å². The average Bonchev–Trinajstić information content (AvgIpc) is 3.53. The molecule has 41 heavy (non-hydrogen) atoms. The summed E-state index contributed by atoms with van der Waals surface area (Å²) in [5, 5.41) is 16.1. The lowest BCUT2D eigenvalue weighted by Crippen LogP contribution is -2.26. The number of carbonyl (C=O) groups is 1. The number of halogens is 3. The largest absolute Gasteiger partial charge is 0.494 e. The van der Waals surface area contributed by atoms with Gasteiger partial charge in [0.05, 0.1) is 45.1 Å². The second kappa shape index (κ2) is 12.8. The SMILES string of the molecule is C=CN(N=NC)c1ccc(OC)c(F)c1CNC(=O)c1cn(Cc2cnc(N3CCC(F)(F)C3)nc2)nc1COC. The van der Waals surface area contributed by atoms with Crippen molar-refractivity contribution in [2.45, 2.75) is 32.0 Å². The maximum absolute atomic E-state index is 15.2. The van der Waals surface area contributed by atoms with Gasteiger partial charge in [-0.2, -0.15) is 10.2 Å². The van der Waals surface area contributed by atoms with Gasteiger partial charge in [-0.15, -0.1) is 0 Å². The molecule has 0 bridgehead atoms. The van der Waals surface area contributed by atoms with Crippen LogP contribution >= 0.6 is 0 Å². The van der Waals surface area contributed by atoms with Crippen LogP contribution in [-0.2, 0) is 24.4 Å². The third kappa shape index (κ3) is 6.80. The first kappa shape index (κ1) is 29.5. The molecule has 218 valence electrons. The molecule has 1 fully saturated rings. The van der Waals surface area contributed by atoms with Gasteiger partial charge in [0, 0.05) is 62.5 Å². The van der Waals surface area contributed by atoms with E-state index in [9.17, 15) is 13.6 Å². The van der Waals surface area contributed by atoms with Crippen molar-refractivity contribution in [2.24, 2.45) is 10.3 Å². The molecule has 1 aliphatic heterocycles. The number of methoxy groups -OCH3 is 2. The Balaban J connectivity index is 1.51. The van der Waals surface area contributed by atoms with Crippen LogP contribution < -0.4 is 20.0 Å². The molecule has 4 rings (SSSR count). The van der Waals surface area contributed by atoms with Gasteiger partial charge in [0.2, 0.25) is 5.95 Å². The number of ether oxygens (including phenoxy) is 2. The number of nitrogens with zero attached hydrogens (tertiary/aromatic N) is 8. The topological polar surface area (TPSA) is 122 Å². The minimum Gasteiger partial charge on any atom is -0.494 e. The zero-order chi connectivity index (χ0) is 29.6. The summed E-state index contributed by atoms with van der Waals surface area (Å²) in [6.45, 7) is 3.50. The van der Waals surface area contributed by atoms with Gasteiger partial charge in [-0.05, 0) is 12.1 Å². The van der Waals surface area contributed by atoms with E-state index in [1.165, 1.54) is 66.7 Å². The van der Waals surface area contributed by atoms with E-state index < -0.39 is 24.2 Å². The number of anilines is 2. The molecule has 0 saturated carbocycles. The first-order chi connectivity index (χ1) is 19.7. The summed E-state index contributed by atoms with van der Waals surface area (Å²) in [5.41, 5.74) is 1.66. The highest BCUT2D eigenvalue weighted by Crippen LogP contribution is 2.31. The van der Waals surface area contributed by atoms with Crippen LogP contribution in [0, 0.1) is 5.82 Å². The third-order valence-electron chi connectivity index (χ3n) is 6.29. The summed E-state index contributed by atoms with van der Waals surface area (Å²) in [5.74, 6) is -3.71. The Morgan fingerprint density at radius 1 is 1.29 bits per heavy atom. The normalized spacial score (nSPS) is 14.4. The number of alkyl halides is 2. The molecule has 3 heterocycles. The molecule has 0 unspecified atom stereocenters. The minimum atomic E-state index is -2.75. The lowest BCUT2D eigenvalue weighted by Gasteiger charge is -2.19. The Morgan fingerprint density at radius 3 is 2.66 bits per heavy atom. The highest BCUT2D eigenvalue weighted by molar-refractivity contribution is 5.95. The summed E-state index contributed by atoms with van der Waals surface area (Å²) in [6.07, 6.45) is 5.71. The van der Waals surface area contributed by atoms with Crippen molar-refractivity contribution in [3.63, 3.8) is 0 Å². The monoisotopic (exact) mass is 573 g/mol. The molecule has 1 aliphatic rings. The van der Waals surface area contributed by atoms with Crippen LogP contribution in [0.25, 0.3) is 0 Å². The highest BCUT2D eigenvalue weighted by Gasteiger charge is 2.39. The standard InChI is InChI=1S/C26H30F3N9O3/c1-5-38(35-30-2)21-6-7-22(41-4)23(27)18(21)12-31-24(39)19-14-37(34-20(19)15-40-3)13-17-10-32-25(33-11-17)36-9-8-26(28,29)16-36/h5-7,10-11,14H,1,8-9,12-13,15-16H2,2-4H3,(H,31,39). The van der Waals surface area contributed by atoms with Crippen molar-refractivity contribution in [1.29, 1.82) is 0 Å². The van der Waals surface area contributed by atoms with Crippen molar-refractivity contribution >= 4 is 17.5 Å². The number of nitrogens with one attached hydrogen (secondary N) is 1. The van der Waals surface area contributed by atoms with E-state index in [2.05, 4.69) is 37.3 Å². The highest BCUT2D eigenvalue weighted by atomic mass is 19.3. The molecular formula is C26H30F3N9O3. The number of rotatable bonds is 12. The molecule has 1 amide bonds. The average molecular weight is 574 g/mol. The molecule has 0 spiro atoms. The van der Waals surface area contributed by atoms with E-state index >= 15 is 4.39 Å². The number of hydrogen-bond acceptors (Lipinski definition) is 9. The van der Waals surface area contributed by atoms with Gasteiger partial charge < -0.3 is 19.7 Å². The number of benzene rings is 1. The van der Waals surface area contributed by atoms with Crippen molar-refractivity contribution < 1.29 is 27.4 Å². The second-order valence-corrected chi connectivity index (χ2v) is 9.12. The second-order valence-electron chi connectivity index (χ2n) is 9.12. The van der Waals surface area contributed by atoms with Crippen LogP contribution in [0.3, 0.4) is 0 Å². The molecule has 1 aromatic carbocycles. The Kier molecular flexibility index (Phi) is 9.17. The van der Waals surface area contributed by atoms with Gasteiger partial charge in [0.1, 0.15) is 5.69 Å². The van der Waals surface area contributed by atoms with Gasteiger partial charge >= 0.3 is 0 Å². The third-order valence-corrected chi connectivity index (χ3v) is 6.29. The van der Waals surface area contributed by atoms with E-state index in [4.69, 9.17) is 9.47 Å². The van der Waals surface area contributed by atoms with Gasteiger partial charge in [-0.1, -0.05) is 11.8 Å². The van der Waals surface area contributed by atoms with E-state index in [1.54, 1.807) is 6.07 Å². The first-order valence-electron chi connectivity index (χ1n) is 12.5. The minimum absolute atomic E-state index is 0.00461. The van der Waals surface area contributed by atoms with Crippen LogP contribution in [0.2, 0.25) is 0 Å². The molecule has 3 aromatic rings.